The Morgan fingerprint density at radius 3 is 2.71 bits per heavy atom. The molecule has 1 aromatic rings. The van der Waals surface area contributed by atoms with E-state index in [2.05, 4.69) is 4.90 Å². The van der Waals surface area contributed by atoms with Gasteiger partial charge in [-0.25, -0.2) is 0 Å². The second kappa shape index (κ2) is 7.38. The van der Waals surface area contributed by atoms with E-state index in [-0.39, 0.29) is 17.9 Å². The van der Waals surface area contributed by atoms with Gasteiger partial charge < -0.3 is 14.2 Å². The molecule has 2 fully saturated rings. The van der Waals surface area contributed by atoms with Gasteiger partial charge in [0.25, 0.3) is 0 Å². The van der Waals surface area contributed by atoms with Gasteiger partial charge in [-0.3, -0.25) is 14.5 Å². The van der Waals surface area contributed by atoms with Crippen LogP contribution in [0.3, 0.4) is 0 Å². The third-order valence-electron chi connectivity index (χ3n) is 5.30. The fraction of sp³-hybridized carbons (Fsp3) is 0.667. The maximum atomic E-state index is 12.6. The molecular formula is C18H27N3O3. The number of carbonyl (C=O) groups is 2. The van der Waals surface area contributed by atoms with E-state index < -0.39 is 0 Å². The molecule has 2 aliphatic rings. The Kier molecular flexibility index (Phi) is 5.23. The van der Waals surface area contributed by atoms with Gasteiger partial charge in [-0.05, 0) is 44.4 Å². The predicted octanol–water partition coefficient (Wildman–Crippen LogP) is 1.71. The van der Waals surface area contributed by atoms with Crippen LogP contribution in [0.4, 0.5) is 0 Å². The van der Waals surface area contributed by atoms with Crippen LogP contribution < -0.4 is 0 Å². The highest BCUT2D eigenvalue weighted by Gasteiger charge is 2.39. The summed E-state index contributed by atoms with van der Waals surface area (Å²) >= 11 is 0. The first-order valence-corrected chi connectivity index (χ1v) is 8.84. The van der Waals surface area contributed by atoms with Gasteiger partial charge in [0.1, 0.15) is 5.76 Å². The zero-order chi connectivity index (χ0) is 17.1. The van der Waals surface area contributed by atoms with Crippen molar-refractivity contribution in [3.05, 3.63) is 24.2 Å². The molecule has 24 heavy (non-hydrogen) atoms. The van der Waals surface area contributed by atoms with E-state index in [4.69, 9.17) is 4.42 Å². The number of nitrogens with zero attached hydrogens (tertiary/aromatic N) is 3. The van der Waals surface area contributed by atoms with Gasteiger partial charge in [-0.15, -0.1) is 0 Å². The Morgan fingerprint density at radius 2 is 2.00 bits per heavy atom. The molecule has 0 N–H and O–H groups in total. The molecule has 2 atom stereocenters. The normalized spacial score (nSPS) is 24.5. The standard InChI is InChI=1S/C18H27N3O3/c1-14(22)21-10-4-8-17(21)16-7-3-9-20(16)13-18(23)19(2)12-15-6-5-11-24-15/h5-6,11,16-17H,3-4,7-10,12-13H2,1-2H3. The van der Waals surface area contributed by atoms with Crippen molar-refractivity contribution in [1.82, 2.24) is 14.7 Å². The van der Waals surface area contributed by atoms with Gasteiger partial charge in [0.2, 0.25) is 11.8 Å². The molecule has 0 spiro atoms. The summed E-state index contributed by atoms with van der Waals surface area (Å²) in [6, 6.07) is 4.30. The largest absolute Gasteiger partial charge is 0.467 e. The number of hydrogen-bond acceptors (Lipinski definition) is 4. The van der Waals surface area contributed by atoms with Crippen molar-refractivity contribution in [2.45, 2.75) is 51.2 Å². The number of likely N-dealkylation sites (tertiary alicyclic amines) is 2. The number of rotatable bonds is 5. The van der Waals surface area contributed by atoms with Crippen LogP contribution in [-0.2, 0) is 16.1 Å². The maximum absolute atomic E-state index is 12.6. The zero-order valence-corrected chi connectivity index (χ0v) is 14.6. The third-order valence-corrected chi connectivity index (χ3v) is 5.30. The maximum Gasteiger partial charge on any atom is 0.236 e. The Hall–Kier alpha value is -1.82. The number of carbonyl (C=O) groups excluding carboxylic acids is 2. The zero-order valence-electron chi connectivity index (χ0n) is 14.6. The predicted molar refractivity (Wildman–Crippen MR) is 90.2 cm³/mol. The van der Waals surface area contributed by atoms with E-state index in [9.17, 15) is 9.59 Å². The summed E-state index contributed by atoms with van der Waals surface area (Å²) in [6.07, 6.45) is 5.92. The smallest absolute Gasteiger partial charge is 0.236 e. The number of furan rings is 1. The molecule has 0 saturated carbocycles. The second-order valence-electron chi connectivity index (χ2n) is 6.93. The third kappa shape index (κ3) is 3.64. The molecule has 0 radical (unpaired) electrons. The molecule has 0 aliphatic carbocycles. The molecule has 3 rings (SSSR count). The summed E-state index contributed by atoms with van der Waals surface area (Å²) in [7, 11) is 1.81. The second-order valence-corrected chi connectivity index (χ2v) is 6.93. The van der Waals surface area contributed by atoms with Crippen molar-refractivity contribution in [2.75, 3.05) is 26.7 Å². The molecule has 6 heteroatoms. The lowest BCUT2D eigenvalue weighted by Gasteiger charge is -2.34. The number of hydrogen-bond donors (Lipinski definition) is 0. The molecular weight excluding hydrogens is 306 g/mol. The van der Waals surface area contributed by atoms with Gasteiger partial charge in [0.15, 0.2) is 0 Å². The van der Waals surface area contributed by atoms with Gasteiger partial charge >= 0.3 is 0 Å². The first-order chi connectivity index (χ1) is 11.6. The fourth-order valence-electron chi connectivity index (χ4n) is 4.09. The lowest BCUT2D eigenvalue weighted by atomic mass is 10.0. The van der Waals surface area contributed by atoms with Gasteiger partial charge in [0.05, 0.1) is 19.4 Å². The molecule has 3 heterocycles. The number of amides is 2. The summed E-state index contributed by atoms with van der Waals surface area (Å²) in [5, 5.41) is 0. The minimum absolute atomic E-state index is 0.102. The SMILES string of the molecule is CC(=O)N1CCCC1C1CCCN1CC(=O)N(C)Cc1ccco1. The van der Waals surface area contributed by atoms with Crippen LogP contribution in [0, 0.1) is 0 Å². The Balaban J connectivity index is 1.59. The van der Waals surface area contributed by atoms with Crippen LogP contribution in [0.25, 0.3) is 0 Å². The highest BCUT2D eigenvalue weighted by molar-refractivity contribution is 5.78. The molecule has 2 aliphatic heterocycles. The molecule has 132 valence electrons. The molecule has 2 unspecified atom stereocenters. The molecule has 0 bridgehead atoms. The lowest BCUT2D eigenvalue weighted by molar-refractivity contribution is -0.133. The molecule has 6 nitrogen and oxygen atoms in total. The van der Waals surface area contributed by atoms with Crippen LogP contribution in [0.5, 0.6) is 0 Å². The van der Waals surface area contributed by atoms with Crippen LogP contribution in [0.2, 0.25) is 0 Å². The van der Waals surface area contributed by atoms with E-state index in [1.807, 2.05) is 24.1 Å². The Labute approximate surface area is 143 Å². The first-order valence-electron chi connectivity index (χ1n) is 8.84. The first kappa shape index (κ1) is 17.0. The summed E-state index contributed by atoms with van der Waals surface area (Å²) in [5.74, 6) is 1.05. The van der Waals surface area contributed by atoms with Crippen molar-refractivity contribution in [2.24, 2.45) is 0 Å². The highest BCUT2D eigenvalue weighted by Crippen LogP contribution is 2.30. The van der Waals surface area contributed by atoms with Crippen molar-refractivity contribution < 1.29 is 14.0 Å². The van der Waals surface area contributed by atoms with Gasteiger partial charge in [0, 0.05) is 32.6 Å². The Morgan fingerprint density at radius 1 is 1.25 bits per heavy atom. The summed E-state index contributed by atoms with van der Waals surface area (Å²) in [4.78, 5) is 30.4. The van der Waals surface area contributed by atoms with Gasteiger partial charge in [-0.2, -0.15) is 0 Å². The monoisotopic (exact) mass is 333 g/mol. The minimum Gasteiger partial charge on any atom is -0.467 e. The van der Waals surface area contributed by atoms with Crippen LogP contribution in [-0.4, -0.2) is 65.3 Å². The summed E-state index contributed by atoms with van der Waals surface area (Å²) < 4.78 is 5.32. The highest BCUT2D eigenvalue weighted by atomic mass is 16.3. The molecule has 2 amide bonds. The Bertz CT molecular complexity index is 572. The van der Waals surface area contributed by atoms with Crippen molar-refractivity contribution in [3.8, 4) is 0 Å². The average Bonchev–Trinajstić information content (AvgIpc) is 3.27. The molecule has 0 aromatic carbocycles. The average molecular weight is 333 g/mol. The summed E-state index contributed by atoms with van der Waals surface area (Å²) in [6.45, 7) is 4.36. The quantitative estimate of drug-likeness (QED) is 0.823. The van der Waals surface area contributed by atoms with E-state index in [1.54, 1.807) is 18.1 Å². The molecule has 1 aromatic heterocycles. The van der Waals surface area contributed by atoms with Crippen molar-refractivity contribution in [1.29, 1.82) is 0 Å². The summed E-state index contributed by atoms with van der Waals surface area (Å²) in [5.41, 5.74) is 0. The van der Waals surface area contributed by atoms with Crippen molar-refractivity contribution >= 4 is 11.8 Å². The van der Waals surface area contributed by atoms with E-state index in [1.165, 1.54) is 0 Å². The van der Waals surface area contributed by atoms with Crippen molar-refractivity contribution in [3.63, 3.8) is 0 Å². The van der Waals surface area contributed by atoms with Crippen LogP contribution >= 0.6 is 0 Å². The van der Waals surface area contributed by atoms with E-state index in [0.29, 0.717) is 19.1 Å². The fourth-order valence-corrected chi connectivity index (χ4v) is 4.09. The molecule has 2 saturated heterocycles. The van der Waals surface area contributed by atoms with Crippen LogP contribution in [0.15, 0.2) is 22.8 Å². The van der Waals surface area contributed by atoms with E-state index >= 15 is 0 Å². The van der Waals surface area contributed by atoms with Gasteiger partial charge in [-0.1, -0.05) is 0 Å². The minimum atomic E-state index is 0.102. The van der Waals surface area contributed by atoms with Crippen LogP contribution in [0.1, 0.15) is 38.4 Å². The number of likely N-dealkylation sites (N-methyl/N-ethyl adjacent to an activating group) is 1. The lowest BCUT2D eigenvalue weighted by Crippen LogP contribution is -2.50. The van der Waals surface area contributed by atoms with E-state index in [0.717, 1.165) is 44.5 Å². The topological polar surface area (TPSA) is 57.0 Å².